The summed E-state index contributed by atoms with van der Waals surface area (Å²) in [6, 6.07) is 1.95. The van der Waals surface area contributed by atoms with Gasteiger partial charge in [0.2, 0.25) is 0 Å². The molecule has 0 spiro atoms. The number of thiophene rings is 1. The van der Waals surface area contributed by atoms with Crippen LogP contribution in [0, 0.1) is 0 Å². The van der Waals surface area contributed by atoms with Crippen LogP contribution in [0.5, 0.6) is 0 Å². The molecular weight excluding hydrogens is 405 g/mol. The molecule has 0 amide bonds. The van der Waals surface area contributed by atoms with Crippen LogP contribution >= 0.6 is 55.6 Å². The molecule has 8 heteroatoms. The molecule has 3 rings (SSSR count). The van der Waals surface area contributed by atoms with Gasteiger partial charge in [0.15, 0.2) is 5.82 Å². The summed E-state index contributed by atoms with van der Waals surface area (Å²) in [5.74, 6) is 1.14. The number of halogens is 3. The molecule has 1 saturated carbocycles. The minimum atomic E-state index is -0.374. The summed E-state index contributed by atoms with van der Waals surface area (Å²) >= 11 is 8.47. The first-order valence-electron chi connectivity index (χ1n) is 5.17. The van der Waals surface area contributed by atoms with Crippen molar-refractivity contribution < 1.29 is 4.52 Å². The molecule has 2 heterocycles. The van der Waals surface area contributed by atoms with Crippen LogP contribution in [0.15, 0.2) is 18.2 Å². The molecule has 1 fully saturated rings. The Hall–Kier alpha value is 0.0500. The number of hydrogen-bond donors (Lipinski definition) is 1. The lowest BCUT2D eigenvalue weighted by molar-refractivity contribution is 0.229. The van der Waals surface area contributed by atoms with Gasteiger partial charge in [0.05, 0.1) is 18.7 Å². The van der Waals surface area contributed by atoms with E-state index in [1.165, 1.54) is 0 Å². The van der Waals surface area contributed by atoms with Crippen LogP contribution in [0.1, 0.15) is 25.1 Å². The van der Waals surface area contributed by atoms with Gasteiger partial charge in [0.1, 0.15) is 0 Å². The van der Waals surface area contributed by atoms with Crippen molar-refractivity contribution in [3.05, 3.63) is 19.5 Å². The average molecular weight is 416 g/mol. The zero-order valence-corrected chi connectivity index (χ0v) is 14.0. The highest BCUT2D eigenvalue weighted by Crippen LogP contribution is 2.40. The highest BCUT2D eigenvalue weighted by Gasteiger charge is 2.39. The molecule has 0 atom stereocenters. The highest BCUT2D eigenvalue weighted by molar-refractivity contribution is 9.12. The predicted molar refractivity (Wildman–Crippen MR) is 80.0 cm³/mol. The number of aromatic nitrogens is 2. The van der Waals surface area contributed by atoms with Crippen molar-refractivity contribution in [2.24, 2.45) is 5.73 Å². The van der Waals surface area contributed by atoms with E-state index in [2.05, 4.69) is 42.0 Å². The summed E-state index contributed by atoms with van der Waals surface area (Å²) in [6.45, 7) is 0. The van der Waals surface area contributed by atoms with Gasteiger partial charge in [0.25, 0.3) is 5.89 Å². The van der Waals surface area contributed by atoms with E-state index in [0.717, 1.165) is 32.4 Å². The predicted octanol–water partition coefficient (Wildman–Crippen LogP) is 4.08. The molecule has 4 nitrogen and oxygen atoms in total. The van der Waals surface area contributed by atoms with E-state index in [-0.39, 0.29) is 17.9 Å². The van der Waals surface area contributed by atoms with Crippen LogP contribution < -0.4 is 5.73 Å². The molecule has 18 heavy (non-hydrogen) atoms. The maximum absolute atomic E-state index is 6.16. The van der Waals surface area contributed by atoms with Crippen molar-refractivity contribution in [3.63, 3.8) is 0 Å². The van der Waals surface area contributed by atoms with Crippen LogP contribution in [0.25, 0.3) is 11.5 Å². The molecular formula is C10H10Br2ClN3OS. The molecule has 2 N–H and O–H groups in total. The van der Waals surface area contributed by atoms with E-state index in [1.54, 1.807) is 11.3 Å². The van der Waals surface area contributed by atoms with Crippen molar-refractivity contribution in [1.82, 2.24) is 10.1 Å². The minimum absolute atomic E-state index is 0. The Bertz CT molecular complexity index is 567. The van der Waals surface area contributed by atoms with Gasteiger partial charge in [-0.1, -0.05) is 5.16 Å². The normalized spacial score (nSPS) is 17.1. The summed E-state index contributed by atoms with van der Waals surface area (Å²) in [7, 11) is 0. The summed E-state index contributed by atoms with van der Waals surface area (Å²) in [5.41, 5.74) is 6.69. The lowest BCUT2D eigenvalue weighted by Gasteiger charge is -2.34. The van der Waals surface area contributed by atoms with Crippen LogP contribution in [-0.4, -0.2) is 10.1 Å². The fourth-order valence-electron chi connectivity index (χ4n) is 1.80. The zero-order chi connectivity index (χ0) is 12.0. The van der Waals surface area contributed by atoms with E-state index in [9.17, 15) is 0 Å². The number of rotatable bonds is 2. The SMILES string of the molecule is Cl.NC1(c2noc(-c3cc(Br)sc3Br)n2)CCC1. The fraction of sp³-hybridized carbons (Fsp3) is 0.400. The Balaban J connectivity index is 0.00000120. The highest BCUT2D eigenvalue weighted by atomic mass is 79.9. The van der Waals surface area contributed by atoms with Gasteiger partial charge >= 0.3 is 0 Å². The first kappa shape index (κ1) is 14.5. The van der Waals surface area contributed by atoms with E-state index in [4.69, 9.17) is 10.3 Å². The Morgan fingerprint density at radius 3 is 2.61 bits per heavy atom. The second-order valence-electron chi connectivity index (χ2n) is 4.17. The molecule has 2 aromatic rings. The molecule has 0 bridgehead atoms. The van der Waals surface area contributed by atoms with Crippen molar-refractivity contribution >= 4 is 55.6 Å². The molecule has 0 aromatic carbocycles. The molecule has 0 radical (unpaired) electrons. The van der Waals surface area contributed by atoms with E-state index >= 15 is 0 Å². The third kappa shape index (κ3) is 2.38. The third-order valence-corrected chi connectivity index (χ3v) is 5.34. The standard InChI is InChI=1S/C10H9Br2N3OS.ClH/c11-6-4-5(7(12)17-6)8-14-9(15-16-8)10(13)2-1-3-10;/h4H,1-3,13H2;1H. The lowest BCUT2D eigenvalue weighted by Crippen LogP contribution is -2.44. The number of nitrogens with two attached hydrogens (primary N) is 1. The first-order valence-corrected chi connectivity index (χ1v) is 7.57. The van der Waals surface area contributed by atoms with Gasteiger partial charge < -0.3 is 10.3 Å². The largest absolute Gasteiger partial charge is 0.334 e. The van der Waals surface area contributed by atoms with Crippen LogP contribution in [0.4, 0.5) is 0 Å². The van der Waals surface area contributed by atoms with E-state index in [0.29, 0.717) is 11.7 Å². The maximum atomic E-state index is 6.16. The monoisotopic (exact) mass is 413 g/mol. The van der Waals surface area contributed by atoms with Gasteiger partial charge in [-0.3, -0.25) is 0 Å². The zero-order valence-electron chi connectivity index (χ0n) is 9.15. The quantitative estimate of drug-likeness (QED) is 0.803. The number of hydrogen-bond acceptors (Lipinski definition) is 5. The smallest absolute Gasteiger partial charge is 0.260 e. The van der Waals surface area contributed by atoms with Crippen LogP contribution in [0.2, 0.25) is 0 Å². The average Bonchev–Trinajstić information content (AvgIpc) is 2.81. The molecule has 98 valence electrons. The fourth-order valence-corrected chi connectivity index (χ4v) is 4.58. The summed E-state index contributed by atoms with van der Waals surface area (Å²) in [5, 5.41) is 3.99. The van der Waals surface area contributed by atoms with Gasteiger partial charge in [-0.05, 0) is 57.2 Å². The summed E-state index contributed by atoms with van der Waals surface area (Å²) < 4.78 is 7.27. The second kappa shape index (κ2) is 5.20. The topological polar surface area (TPSA) is 64.9 Å². The van der Waals surface area contributed by atoms with Crippen molar-refractivity contribution in [2.75, 3.05) is 0 Å². The number of nitrogens with zero attached hydrogens (tertiary/aromatic N) is 2. The van der Waals surface area contributed by atoms with E-state index < -0.39 is 0 Å². The van der Waals surface area contributed by atoms with Crippen molar-refractivity contribution in [1.29, 1.82) is 0 Å². The molecule has 0 saturated heterocycles. The summed E-state index contributed by atoms with van der Waals surface area (Å²) in [4.78, 5) is 4.40. The molecule has 1 aliphatic rings. The van der Waals surface area contributed by atoms with Crippen molar-refractivity contribution in [3.8, 4) is 11.5 Å². The third-order valence-electron chi connectivity index (χ3n) is 3.00. The van der Waals surface area contributed by atoms with E-state index in [1.807, 2.05) is 6.07 Å². The van der Waals surface area contributed by atoms with Crippen molar-refractivity contribution in [2.45, 2.75) is 24.8 Å². The maximum Gasteiger partial charge on any atom is 0.260 e. The van der Waals surface area contributed by atoms with Crippen LogP contribution in [0.3, 0.4) is 0 Å². The second-order valence-corrected chi connectivity index (χ2v) is 7.92. The lowest BCUT2D eigenvalue weighted by atomic mass is 9.77. The Morgan fingerprint density at radius 1 is 1.39 bits per heavy atom. The van der Waals surface area contributed by atoms with Crippen LogP contribution in [-0.2, 0) is 5.54 Å². The Kier molecular flexibility index (Phi) is 4.18. The van der Waals surface area contributed by atoms with Gasteiger partial charge in [-0.15, -0.1) is 23.7 Å². The van der Waals surface area contributed by atoms with Gasteiger partial charge in [-0.2, -0.15) is 4.98 Å². The first-order chi connectivity index (χ1) is 8.08. The van der Waals surface area contributed by atoms with Gasteiger partial charge in [-0.25, -0.2) is 0 Å². The molecule has 0 unspecified atom stereocenters. The Labute approximate surface area is 131 Å². The molecule has 1 aliphatic carbocycles. The molecule has 0 aliphatic heterocycles. The molecule has 2 aromatic heterocycles. The Morgan fingerprint density at radius 2 is 2.11 bits per heavy atom. The van der Waals surface area contributed by atoms with Gasteiger partial charge in [0, 0.05) is 0 Å². The minimum Gasteiger partial charge on any atom is -0.334 e. The summed E-state index contributed by atoms with van der Waals surface area (Å²) in [6.07, 6.45) is 3.00.